The number of anilines is 2. The normalized spacial score (nSPS) is 9.33. The SMILES string of the molecule is C=CC(=O)NCCNc1cccc(N)n1. The van der Waals surface area contributed by atoms with Gasteiger partial charge in [-0.2, -0.15) is 0 Å². The van der Waals surface area contributed by atoms with E-state index in [1.165, 1.54) is 6.08 Å². The van der Waals surface area contributed by atoms with Crippen LogP contribution in [0, 0.1) is 0 Å². The Balaban J connectivity index is 2.26. The van der Waals surface area contributed by atoms with Crippen LogP contribution in [0.1, 0.15) is 0 Å². The fourth-order valence-electron chi connectivity index (χ4n) is 0.998. The van der Waals surface area contributed by atoms with Crippen molar-refractivity contribution < 1.29 is 4.79 Å². The van der Waals surface area contributed by atoms with Gasteiger partial charge in [0.2, 0.25) is 5.91 Å². The minimum Gasteiger partial charge on any atom is -0.384 e. The van der Waals surface area contributed by atoms with Gasteiger partial charge in [-0.05, 0) is 18.2 Å². The van der Waals surface area contributed by atoms with Gasteiger partial charge in [-0.3, -0.25) is 4.79 Å². The monoisotopic (exact) mass is 206 g/mol. The van der Waals surface area contributed by atoms with Gasteiger partial charge in [-0.15, -0.1) is 0 Å². The number of hydrogen-bond acceptors (Lipinski definition) is 4. The number of amides is 1. The van der Waals surface area contributed by atoms with Gasteiger partial charge in [0, 0.05) is 13.1 Å². The maximum absolute atomic E-state index is 10.8. The molecule has 0 spiro atoms. The van der Waals surface area contributed by atoms with Gasteiger partial charge >= 0.3 is 0 Å². The quantitative estimate of drug-likeness (QED) is 0.480. The van der Waals surface area contributed by atoms with Crippen LogP contribution in [0.25, 0.3) is 0 Å². The smallest absolute Gasteiger partial charge is 0.243 e. The number of rotatable bonds is 5. The molecule has 0 saturated heterocycles. The summed E-state index contributed by atoms with van der Waals surface area (Å²) in [7, 11) is 0. The van der Waals surface area contributed by atoms with E-state index in [1.54, 1.807) is 6.07 Å². The molecule has 5 nitrogen and oxygen atoms in total. The number of nitrogens with zero attached hydrogens (tertiary/aromatic N) is 1. The Labute approximate surface area is 88.4 Å². The van der Waals surface area contributed by atoms with Crippen LogP contribution in [-0.4, -0.2) is 24.0 Å². The molecule has 0 aromatic carbocycles. The van der Waals surface area contributed by atoms with Crippen molar-refractivity contribution in [2.45, 2.75) is 0 Å². The number of carbonyl (C=O) groups excluding carboxylic acids is 1. The number of nitrogen functional groups attached to an aromatic ring is 1. The second-order valence-electron chi connectivity index (χ2n) is 2.87. The van der Waals surface area contributed by atoms with Crippen LogP contribution in [0.4, 0.5) is 11.6 Å². The molecule has 0 saturated carbocycles. The highest BCUT2D eigenvalue weighted by molar-refractivity contribution is 5.86. The average Bonchev–Trinajstić information content (AvgIpc) is 2.24. The second kappa shape index (κ2) is 5.64. The predicted molar refractivity (Wildman–Crippen MR) is 60.3 cm³/mol. The molecule has 0 fully saturated rings. The van der Waals surface area contributed by atoms with Crippen molar-refractivity contribution >= 4 is 17.5 Å². The Kier molecular flexibility index (Phi) is 4.15. The average molecular weight is 206 g/mol. The molecule has 1 heterocycles. The molecule has 15 heavy (non-hydrogen) atoms. The summed E-state index contributed by atoms with van der Waals surface area (Å²) in [5, 5.41) is 5.66. The van der Waals surface area contributed by atoms with Gasteiger partial charge in [0.1, 0.15) is 11.6 Å². The maximum atomic E-state index is 10.8. The molecular formula is C10H14N4O. The van der Waals surface area contributed by atoms with Crippen molar-refractivity contribution in [2.24, 2.45) is 0 Å². The molecule has 0 unspecified atom stereocenters. The molecule has 5 heteroatoms. The lowest BCUT2D eigenvalue weighted by molar-refractivity contribution is -0.116. The van der Waals surface area contributed by atoms with Gasteiger partial charge in [-0.1, -0.05) is 12.6 Å². The van der Waals surface area contributed by atoms with E-state index in [1.807, 2.05) is 12.1 Å². The number of nitrogens with one attached hydrogen (secondary N) is 2. The molecule has 1 aromatic heterocycles. The summed E-state index contributed by atoms with van der Waals surface area (Å²) in [6, 6.07) is 5.34. The van der Waals surface area contributed by atoms with Crippen molar-refractivity contribution in [2.75, 3.05) is 24.1 Å². The number of pyridine rings is 1. The lowest BCUT2D eigenvalue weighted by atomic mass is 10.4. The highest BCUT2D eigenvalue weighted by Crippen LogP contribution is 2.04. The largest absolute Gasteiger partial charge is 0.384 e. The van der Waals surface area contributed by atoms with E-state index in [0.717, 1.165) is 0 Å². The summed E-state index contributed by atoms with van der Waals surface area (Å²) in [4.78, 5) is 14.8. The number of carbonyl (C=O) groups is 1. The summed E-state index contributed by atoms with van der Waals surface area (Å²) in [5.74, 6) is 0.982. The van der Waals surface area contributed by atoms with Crippen LogP contribution in [0.2, 0.25) is 0 Å². The number of aromatic nitrogens is 1. The lowest BCUT2D eigenvalue weighted by Crippen LogP contribution is -2.27. The molecular weight excluding hydrogens is 192 g/mol. The van der Waals surface area contributed by atoms with Crippen LogP contribution in [0.5, 0.6) is 0 Å². The minimum absolute atomic E-state index is 0.183. The summed E-state index contributed by atoms with van der Waals surface area (Å²) in [6.07, 6.45) is 1.23. The summed E-state index contributed by atoms with van der Waals surface area (Å²) >= 11 is 0. The molecule has 4 N–H and O–H groups in total. The zero-order valence-electron chi connectivity index (χ0n) is 8.36. The van der Waals surface area contributed by atoms with Gasteiger partial charge in [0.25, 0.3) is 0 Å². The standard InChI is InChI=1S/C10H14N4O/c1-2-10(15)13-7-6-12-9-5-3-4-8(11)14-9/h2-5H,1,6-7H2,(H,13,15)(H3,11,12,14). The Hall–Kier alpha value is -2.04. The summed E-state index contributed by atoms with van der Waals surface area (Å²) < 4.78 is 0. The highest BCUT2D eigenvalue weighted by Gasteiger charge is 1.94. The minimum atomic E-state index is -0.183. The van der Waals surface area contributed by atoms with Crippen molar-refractivity contribution in [1.82, 2.24) is 10.3 Å². The third kappa shape index (κ3) is 4.12. The first-order valence-corrected chi connectivity index (χ1v) is 4.59. The van der Waals surface area contributed by atoms with E-state index in [0.29, 0.717) is 24.7 Å². The molecule has 0 aliphatic heterocycles. The highest BCUT2D eigenvalue weighted by atomic mass is 16.1. The Morgan fingerprint density at radius 2 is 2.33 bits per heavy atom. The third-order valence-corrected chi connectivity index (χ3v) is 1.69. The first-order chi connectivity index (χ1) is 7.22. The van der Waals surface area contributed by atoms with Crippen LogP contribution < -0.4 is 16.4 Å². The van der Waals surface area contributed by atoms with Gasteiger partial charge in [-0.25, -0.2) is 4.98 Å². The fourth-order valence-corrected chi connectivity index (χ4v) is 0.998. The number of hydrogen-bond donors (Lipinski definition) is 3. The molecule has 0 aliphatic carbocycles. The van der Waals surface area contributed by atoms with Gasteiger partial charge in [0.15, 0.2) is 0 Å². The van der Waals surface area contributed by atoms with Crippen LogP contribution in [-0.2, 0) is 4.79 Å². The van der Waals surface area contributed by atoms with E-state index in [-0.39, 0.29) is 5.91 Å². The fraction of sp³-hybridized carbons (Fsp3) is 0.200. The Bertz CT molecular complexity index is 351. The maximum Gasteiger partial charge on any atom is 0.243 e. The zero-order valence-corrected chi connectivity index (χ0v) is 8.36. The first-order valence-electron chi connectivity index (χ1n) is 4.59. The Morgan fingerprint density at radius 3 is 3.00 bits per heavy atom. The van der Waals surface area contributed by atoms with Crippen molar-refractivity contribution in [3.05, 3.63) is 30.9 Å². The number of nitrogens with two attached hydrogens (primary N) is 1. The van der Waals surface area contributed by atoms with Crippen LogP contribution >= 0.6 is 0 Å². The topological polar surface area (TPSA) is 80.0 Å². The van der Waals surface area contributed by atoms with E-state index in [4.69, 9.17) is 5.73 Å². The predicted octanol–water partition coefficient (Wildman–Crippen LogP) is 0.378. The second-order valence-corrected chi connectivity index (χ2v) is 2.87. The van der Waals surface area contributed by atoms with Crippen molar-refractivity contribution in [1.29, 1.82) is 0 Å². The van der Waals surface area contributed by atoms with Crippen molar-refractivity contribution in [3.8, 4) is 0 Å². The van der Waals surface area contributed by atoms with Crippen LogP contribution in [0.3, 0.4) is 0 Å². The summed E-state index contributed by atoms with van der Waals surface area (Å²) in [6.45, 7) is 4.46. The Morgan fingerprint density at radius 1 is 1.53 bits per heavy atom. The van der Waals surface area contributed by atoms with E-state index in [9.17, 15) is 4.79 Å². The molecule has 0 aliphatic rings. The molecule has 80 valence electrons. The van der Waals surface area contributed by atoms with E-state index >= 15 is 0 Å². The molecule has 1 aromatic rings. The third-order valence-electron chi connectivity index (χ3n) is 1.69. The summed E-state index contributed by atoms with van der Waals surface area (Å²) in [5.41, 5.74) is 5.50. The molecule has 1 rings (SSSR count). The molecule has 0 radical (unpaired) electrons. The van der Waals surface area contributed by atoms with Gasteiger partial charge < -0.3 is 16.4 Å². The van der Waals surface area contributed by atoms with E-state index in [2.05, 4.69) is 22.2 Å². The lowest BCUT2D eigenvalue weighted by Gasteiger charge is -2.06. The first kappa shape index (κ1) is 11.0. The van der Waals surface area contributed by atoms with Crippen LogP contribution in [0.15, 0.2) is 30.9 Å². The zero-order chi connectivity index (χ0) is 11.1. The molecule has 0 bridgehead atoms. The molecule has 0 atom stereocenters. The molecule has 1 amide bonds. The van der Waals surface area contributed by atoms with E-state index < -0.39 is 0 Å². The van der Waals surface area contributed by atoms with Gasteiger partial charge in [0.05, 0.1) is 0 Å². The van der Waals surface area contributed by atoms with Crippen molar-refractivity contribution in [3.63, 3.8) is 0 Å².